The number of aromatic nitrogens is 1. The first-order valence-corrected chi connectivity index (χ1v) is 6.10. The van der Waals surface area contributed by atoms with Crippen molar-refractivity contribution >= 4 is 29.4 Å². The molecule has 0 radical (unpaired) electrons. The van der Waals surface area contributed by atoms with Gasteiger partial charge in [-0.3, -0.25) is 0 Å². The lowest BCUT2D eigenvalue weighted by Gasteiger charge is -2.11. The van der Waals surface area contributed by atoms with Gasteiger partial charge in [0, 0.05) is 31.5 Å². The Morgan fingerprint density at radius 1 is 1.06 bits per heavy atom. The molecule has 0 amide bonds. The van der Waals surface area contributed by atoms with Crippen LogP contribution in [0.15, 0.2) is 42.6 Å². The summed E-state index contributed by atoms with van der Waals surface area (Å²) in [6.07, 6.45) is 5.69. The van der Waals surface area contributed by atoms with E-state index in [1.807, 2.05) is 38.4 Å². The van der Waals surface area contributed by atoms with E-state index in [0.717, 1.165) is 11.1 Å². The van der Waals surface area contributed by atoms with Gasteiger partial charge in [-0.1, -0.05) is 42.0 Å². The van der Waals surface area contributed by atoms with E-state index in [1.54, 1.807) is 6.20 Å². The average Bonchev–Trinajstić information content (AvgIpc) is 2.38. The molecule has 0 aliphatic heterocycles. The summed E-state index contributed by atoms with van der Waals surface area (Å²) in [6, 6.07) is 12.2. The van der Waals surface area contributed by atoms with Crippen LogP contribution in [-0.4, -0.2) is 19.1 Å². The standard InChI is InChI=1S/C15H15ClN2/c1-18(2)14-9-6-12(7-10-14)5-8-13-4-3-11-17-15(13)16/h3-11H,1-2H3/b8-5+. The Kier molecular flexibility index (Phi) is 4.00. The molecule has 0 saturated carbocycles. The number of halogens is 1. The minimum absolute atomic E-state index is 0.527. The van der Waals surface area contributed by atoms with Crippen LogP contribution in [0.3, 0.4) is 0 Å². The lowest BCUT2D eigenvalue weighted by molar-refractivity contribution is 1.13. The van der Waals surface area contributed by atoms with Crippen molar-refractivity contribution in [1.82, 2.24) is 4.98 Å². The van der Waals surface area contributed by atoms with Gasteiger partial charge in [-0.2, -0.15) is 0 Å². The van der Waals surface area contributed by atoms with Gasteiger partial charge in [-0.15, -0.1) is 0 Å². The third-order valence-electron chi connectivity index (χ3n) is 2.65. The Labute approximate surface area is 113 Å². The predicted molar refractivity (Wildman–Crippen MR) is 78.9 cm³/mol. The summed E-state index contributed by atoms with van der Waals surface area (Å²) >= 11 is 5.99. The zero-order valence-corrected chi connectivity index (χ0v) is 11.2. The van der Waals surface area contributed by atoms with E-state index >= 15 is 0 Å². The first kappa shape index (κ1) is 12.7. The van der Waals surface area contributed by atoms with Gasteiger partial charge in [0.2, 0.25) is 0 Å². The van der Waals surface area contributed by atoms with E-state index in [0.29, 0.717) is 5.15 Å². The second kappa shape index (κ2) is 5.69. The van der Waals surface area contributed by atoms with E-state index in [4.69, 9.17) is 11.6 Å². The molecule has 0 unspecified atom stereocenters. The molecule has 0 aliphatic rings. The van der Waals surface area contributed by atoms with Crippen LogP contribution in [0.2, 0.25) is 5.15 Å². The molecule has 0 atom stereocenters. The summed E-state index contributed by atoms with van der Waals surface area (Å²) in [5.74, 6) is 0. The first-order valence-electron chi connectivity index (χ1n) is 5.73. The predicted octanol–water partition coefficient (Wildman–Crippen LogP) is 3.97. The Balaban J connectivity index is 2.17. The van der Waals surface area contributed by atoms with Crippen LogP contribution in [0.5, 0.6) is 0 Å². The zero-order valence-electron chi connectivity index (χ0n) is 10.5. The maximum Gasteiger partial charge on any atom is 0.136 e. The second-order valence-corrected chi connectivity index (χ2v) is 4.56. The van der Waals surface area contributed by atoms with Crippen molar-refractivity contribution in [2.45, 2.75) is 0 Å². The Hall–Kier alpha value is -1.80. The van der Waals surface area contributed by atoms with E-state index in [9.17, 15) is 0 Å². The zero-order chi connectivity index (χ0) is 13.0. The number of hydrogen-bond donors (Lipinski definition) is 0. The van der Waals surface area contributed by atoms with Crippen molar-refractivity contribution in [2.24, 2.45) is 0 Å². The SMILES string of the molecule is CN(C)c1ccc(/C=C/c2cccnc2Cl)cc1. The fourth-order valence-electron chi connectivity index (χ4n) is 1.59. The Morgan fingerprint density at radius 3 is 2.39 bits per heavy atom. The summed E-state index contributed by atoms with van der Waals surface area (Å²) in [5.41, 5.74) is 3.25. The number of benzene rings is 1. The van der Waals surface area contributed by atoms with E-state index < -0.39 is 0 Å². The van der Waals surface area contributed by atoms with Crippen molar-refractivity contribution in [3.05, 3.63) is 58.9 Å². The van der Waals surface area contributed by atoms with Gasteiger partial charge >= 0.3 is 0 Å². The van der Waals surface area contributed by atoms with Crippen molar-refractivity contribution in [3.8, 4) is 0 Å². The fraction of sp³-hybridized carbons (Fsp3) is 0.133. The van der Waals surface area contributed by atoms with Gasteiger partial charge in [0.05, 0.1) is 0 Å². The number of nitrogens with zero attached hydrogens (tertiary/aromatic N) is 2. The maximum absolute atomic E-state index is 5.99. The number of anilines is 1. The van der Waals surface area contributed by atoms with Crippen molar-refractivity contribution in [3.63, 3.8) is 0 Å². The fourth-order valence-corrected chi connectivity index (χ4v) is 1.77. The summed E-state index contributed by atoms with van der Waals surface area (Å²) in [7, 11) is 4.06. The molecule has 18 heavy (non-hydrogen) atoms. The highest BCUT2D eigenvalue weighted by Crippen LogP contribution is 2.17. The van der Waals surface area contributed by atoms with Crippen LogP contribution >= 0.6 is 11.6 Å². The molecule has 1 aromatic carbocycles. The lowest BCUT2D eigenvalue weighted by atomic mass is 10.1. The molecule has 1 aromatic heterocycles. The van der Waals surface area contributed by atoms with Crippen LogP contribution in [0.1, 0.15) is 11.1 Å². The van der Waals surface area contributed by atoms with Crippen LogP contribution in [0.4, 0.5) is 5.69 Å². The van der Waals surface area contributed by atoms with Gasteiger partial charge in [0.25, 0.3) is 0 Å². The molecule has 0 fully saturated rings. The molecular weight excluding hydrogens is 244 g/mol. The highest BCUT2D eigenvalue weighted by molar-refractivity contribution is 6.30. The van der Waals surface area contributed by atoms with Gasteiger partial charge in [0.15, 0.2) is 0 Å². The molecule has 1 heterocycles. The van der Waals surface area contributed by atoms with Crippen molar-refractivity contribution < 1.29 is 0 Å². The van der Waals surface area contributed by atoms with Gasteiger partial charge in [-0.05, 0) is 23.8 Å². The third kappa shape index (κ3) is 3.11. The molecule has 2 rings (SSSR count). The van der Waals surface area contributed by atoms with E-state index in [1.165, 1.54) is 5.69 Å². The normalized spacial score (nSPS) is 10.8. The smallest absolute Gasteiger partial charge is 0.136 e. The summed E-state index contributed by atoms with van der Waals surface area (Å²) in [5, 5.41) is 0.527. The van der Waals surface area contributed by atoms with Crippen LogP contribution in [0, 0.1) is 0 Å². The minimum Gasteiger partial charge on any atom is -0.378 e. The van der Waals surface area contributed by atoms with E-state index in [2.05, 4.69) is 34.1 Å². The van der Waals surface area contributed by atoms with Gasteiger partial charge in [0.1, 0.15) is 5.15 Å². The van der Waals surface area contributed by atoms with E-state index in [-0.39, 0.29) is 0 Å². The van der Waals surface area contributed by atoms with Crippen molar-refractivity contribution in [2.75, 3.05) is 19.0 Å². The number of hydrogen-bond acceptors (Lipinski definition) is 2. The molecule has 2 aromatic rings. The quantitative estimate of drug-likeness (QED) is 0.775. The molecular formula is C15H15ClN2. The third-order valence-corrected chi connectivity index (χ3v) is 2.97. The van der Waals surface area contributed by atoms with Crippen LogP contribution in [-0.2, 0) is 0 Å². The monoisotopic (exact) mass is 258 g/mol. The molecule has 0 spiro atoms. The molecule has 92 valence electrons. The topological polar surface area (TPSA) is 16.1 Å². The number of pyridine rings is 1. The van der Waals surface area contributed by atoms with Crippen LogP contribution in [0.25, 0.3) is 12.2 Å². The first-order chi connectivity index (χ1) is 8.66. The number of rotatable bonds is 3. The Bertz CT molecular complexity index is 545. The molecule has 0 N–H and O–H groups in total. The van der Waals surface area contributed by atoms with Gasteiger partial charge in [-0.25, -0.2) is 4.98 Å². The highest BCUT2D eigenvalue weighted by Gasteiger charge is 1.96. The average molecular weight is 259 g/mol. The summed E-state index contributed by atoms with van der Waals surface area (Å²) in [4.78, 5) is 6.11. The molecule has 3 heteroatoms. The lowest BCUT2D eigenvalue weighted by Crippen LogP contribution is -2.07. The Morgan fingerprint density at radius 2 is 1.78 bits per heavy atom. The van der Waals surface area contributed by atoms with Gasteiger partial charge < -0.3 is 4.90 Å². The van der Waals surface area contributed by atoms with Crippen molar-refractivity contribution in [1.29, 1.82) is 0 Å². The molecule has 2 nitrogen and oxygen atoms in total. The molecule has 0 bridgehead atoms. The molecule has 0 aliphatic carbocycles. The molecule has 0 saturated heterocycles. The second-order valence-electron chi connectivity index (χ2n) is 4.20. The summed E-state index contributed by atoms with van der Waals surface area (Å²) < 4.78 is 0. The van der Waals surface area contributed by atoms with Crippen LogP contribution < -0.4 is 4.90 Å². The minimum atomic E-state index is 0.527. The largest absolute Gasteiger partial charge is 0.378 e. The maximum atomic E-state index is 5.99. The summed E-state index contributed by atoms with van der Waals surface area (Å²) in [6.45, 7) is 0. The highest BCUT2D eigenvalue weighted by atomic mass is 35.5.